The molecule has 1 aliphatic rings. The molecule has 1 N–H and O–H groups in total. The molecule has 1 saturated heterocycles. The summed E-state index contributed by atoms with van der Waals surface area (Å²) in [6, 6.07) is 16.2. The van der Waals surface area contributed by atoms with Gasteiger partial charge in [-0.25, -0.2) is 0 Å². The first-order valence-corrected chi connectivity index (χ1v) is 8.17. The van der Waals surface area contributed by atoms with Crippen molar-refractivity contribution < 1.29 is 0 Å². The molecule has 1 aliphatic heterocycles. The van der Waals surface area contributed by atoms with E-state index in [-0.39, 0.29) is 24.8 Å². The molecule has 1 heterocycles. The topological polar surface area (TPSA) is 15.3 Å². The highest BCUT2D eigenvalue weighted by atomic mass is 35.5. The minimum Gasteiger partial charge on any atom is -0.314 e. The molecule has 0 bridgehead atoms. The first-order valence-electron chi connectivity index (χ1n) is 8.17. The molecule has 1 fully saturated rings. The van der Waals surface area contributed by atoms with Gasteiger partial charge in [0.25, 0.3) is 0 Å². The van der Waals surface area contributed by atoms with Crippen LogP contribution in [0.25, 0.3) is 10.8 Å². The second-order valence-electron chi connectivity index (χ2n) is 6.54. The molecule has 0 amide bonds. The number of piperazine rings is 1. The van der Waals surface area contributed by atoms with E-state index >= 15 is 0 Å². The van der Waals surface area contributed by atoms with Gasteiger partial charge in [-0.3, -0.25) is 4.90 Å². The number of hydrogen-bond acceptors (Lipinski definition) is 2. The van der Waals surface area contributed by atoms with E-state index in [2.05, 4.69) is 66.5 Å². The average molecular weight is 355 g/mol. The molecule has 0 unspecified atom stereocenters. The number of rotatable bonds is 4. The van der Waals surface area contributed by atoms with Crippen molar-refractivity contribution in [2.24, 2.45) is 5.92 Å². The Morgan fingerprint density at radius 2 is 1.61 bits per heavy atom. The fraction of sp³-hybridized carbons (Fsp3) is 0.474. The maximum absolute atomic E-state index is 3.46. The standard InChI is InChI=1S/C19H26N2.2ClH/c1-15(2)13-19(21-11-9-20-10-12-21)18-8-7-16-5-3-4-6-17(16)14-18;;/h3-8,14-15,19-20H,9-13H2,1-2H3;2*1H/t19-;;/m1../s1. The Hall–Kier alpha value is -0.800. The third-order valence-electron chi connectivity index (χ3n) is 4.45. The lowest BCUT2D eigenvalue weighted by Gasteiger charge is -2.36. The van der Waals surface area contributed by atoms with Crippen molar-refractivity contribution in [3.05, 3.63) is 48.0 Å². The molecule has 0 radical (unpaired) electrons. The van der Waals surface area contributed by atoms with Crippen molar-refractivity contribution in [1.29, 1.82) is 0 Å². The van der Waals surface area contributed by atoms with E-state index in [1.807, 2.05) is 0 Å². The summed E-state index contributed by atoms with van der Waals surface area (Å²) in [4.78, 5) is 2.65. The molecule has 0 saturated carbocycles. The van der Waals surface area contributed by atoms with Crippen LogP contribution in [-0.4, -0.2) is 31.1 Å². The van der Waals surface area contributed by atoms with Crippen molar-refractivity contribution in [3.8, 4) is 0 Å². The summed E-state index contributed by atoms with van der Waals surface area (Å²) in [6.45, 7) is 9.20. The SMILES string of the molecule is CC(C)C[C@H](c1ccc2ccccc2c1)N1CCNCC1.Cl.Cl. The van der Waals surface area contributed by atoms with Crippen molar-refractivity contribution in [3.63, 3.8) is 0 Å². The van der Waals surface area contributed by atoms with E-state index < -0.39 is 0 Å². The molecule has 1 atom stereocenters. The first kappa shape index (κ1) is 20.2. The zero-order chi connectivity index (χ0) is 14.7. The zero-order valence-electron chi connectivity index (χ0n) is 14.0. The van der Waals surface area contributed by atoms with Crippen LogP contribution in [0.2, 0.25) is 0 Å². The second kappa shape index (κ2) is 9.48. The number of hydrogen-bond donors (Lipinski definition) is 1. The third-order valence-corrected chi connectivity index (χ3v) is 4.45. The summed E-state index contributed by atoms with van der Waals surface area (Å²) in [6.07, 6.45) is 1.23. The Bertz CT molecular complexity index is 595. The number of nitrogens with zero attached hydrogens (tertiary/aromatic N) is 1. The quantitative estimate of drug-likeness (QED) is 0.857. The van der Waals surface area contributed by atoms with Gasteiger partial charge in [-0.05, 0) is 34.7 Å². The number of benzene rings is 2. The van der Waals surface area contributed by atoms with Crippen LogP contribution in [0.3, 0.4) is 0 Å². The summed E-state index contributed by atoms with van der Waals surface area (Å²) >= 11 is 0. The molecule has 4 heteroatoms. The van der Waals surface area contributed by atoms with E-state index in [1.54, 1.807) is 0 Å². The smallest absolute Gasteiger partial charge is 0.0351 e. The van der Waals surface area contributed by atoms with Crippen molar-refractivity contribution in [1.82, 2.24) is 10.2 Å². The van der Waals surface area contributed by atoms with Gasteiger partial charge in [0, 0.05) is 32.2 Å². The largest absolute Gasteiger partial charge is 0.314 e. The molecule has 0 aliphatic carbocycles. The van der Waals surface area contributed by atoms with Gasteiger partial charge in [-0.1, -0.05) is 50.2 Å². The highest BCUT2D eigenvalue weighted by Gasteiger charge is 2.23. The van der Waals surface area contributed by atoms with Gasteiger partial charge in [0.2, 0.25) is 0 Å². The van der Waals surface area contributed by atoms with Crippen LogP contribution < -0.4 is 5.32 Å². The van der Waals surface area contributed by atoms with Gasteiger partial charge >= 0.3 is 0 Å². The zero-order valence-corrected chi connectivity index (χ0v) is 15.6. The van der Waals surface area contributed by atoms with Crippen LogP contribution in [0.4, 0.5) is 0 Å². The van der Waals surface area contributed by atoms with Crippen LogP contribution in [0.1, 0.15) is 31.9 Å². The lowest BCUT2D eigenvalue weighted by Crippen LogP contribution is -2.45. The Labute approximate surface area is 152 Å². The summed E-state index contributed by atoms with van der Waals surface area (Å²) in [5, 5.41) is 6.16. The lowest BCUT2D eigenvalue weighted by molar-refractivity contribution is 0.154. The van der Waals surface area contributed by atoms with Crippen LogP contribution in [0.5, 0.6) is 0 Å². The highest BCUT2D eigenvalue weighted by molar-refractivity contribution is 5.85. The lowest BCUT2D eigenvalue weighted by atomic mass is 9.93. The molecule has 0 aromatic heterocycles. The summed E-state index contributed by atoms with van der Waals surface area (Å²) in [5.74, 6) is 0.719. The number of fused-ring (bicyclic) bond motifs is 1. The van der Waals surface area contributed by atoms with Gasteiger partial charge in [-0.15, -0.1) is 24.8 Å². The molecular formula is C19H28Cl2N2. The molecule has 0 spiro atoms. The van der Waals surface area contributed by atoms with E-state index in [1.165, 1.54) is 22.8 Å². The highest BCUT2D eigenvalue weighted by Crippen LogP contribution is 2.30. The third kappa shape index (κ3) is 5.09. The van der Waals surface area contributed by atoms with Crippen molar-refractivity contribution >= 4 is 35.6 Å². The van der Waals surface area contributed by atoms with E-state index in [9.17, 15) is 0 Å². The van der Waals surface area contributed by atoms with Gasteiger partial charge < -0.3 is 5.32 Å². The van der Waals surface area contributed by atoms with E-state index in [0.29, 0.717) is 6.04 Å². The summed E-state index contributed by atoms with van der Waals surface area (Å²) < 4.78 is 0. The summed E-state index contributed by atoms with van der Waals surface area (Å²) in [5.41, 5.74) is 1.48. The van der Waals surface area contributed by atoms with Crippen LogP contribution in [-0.2, 0) is 0 Å². The van der Waals surface area contributed by atoms with Gasteiger partial charge in [0.15, 0.2) is 0 Å². The monoisotopic (exact) mass is 354 g/mol. The van der Waals surface area contributed by atoms with Crippen LogP contribution in [0.15, 0.2) is 42.5 Å². The van der Waals surface area contributed by atoms with Gasteiger partial charge in [-0.2, -0.15) is 0 Å². The number of halogens is 2. The van der Waals surface area contributed by atoms with Crippen molar-refractivity contribution in [2.45, 2.75) is 26.3 Å². The van der Waals surface area contributed by atoms with Crippen LogP contribution in [0, 0.1) is 5.92 Å². The maximum Gasteiger partial charge on any atom is 0.0351 e. The Balaban J connectivity index is 0.00000132. The molecule has 2 aromatic carbocycles. The normalized spacial score (nSPS) is 16.7. The molecular weight excluding hydrogens is 327 g/mol. The molecule has 3 rings (SSSR count). The molecule has 23 heavy (non-hydrogen) atoms. The minimum atomic E-state index is 0. The maximum atomic E-state index is 3.46. The Kier molecular flexibility index (Phi) is 8.35. The van der Waals surface area contributed by atoms with Crippen LogP contribution >= 0.6 is 24.8 Å². The van der Waals surface area contributed by atoms with E-state index in [0.717, 1.165) is 32.1 Å². The predicted molar refractivity (Wildman–Crippen MR) is 105 cm³/mol. The Morgan fingerprint density at radius 3 is 2.26 bits per heavy atom. The first-order chi connectivity index (χ1) is 10.2. The van der Waals surface area contributed by atoms with Gasteiger partial charge in [0.05, 0.1) is 0 Å². The fourth-order valence-corrected chi connectivity index (χ4v) is 3.35. The minimum absolute atomic E-state index is 0. The second-order valence-corrected chi connectivity index (χ2v) is 6.54. The fourth-order valence-electron chi connectivity index (χ4n) is 3.35. The van der Waals surface area contributed by atoms with E-state index in [4.69, 9.17) is 0 Å². The Morgan fingerprint density at radius 1 is 0.957 bits per heavy atom. The predicted octanol–water partition coefficient (Wildman–Crippen LogP) is 4.68. The van der Waals surface area contributed by atoms with Crippen molar-refractivity contribution in [2.75, 3.05) is 26.2 Å². The molecule has 128 valence electrons. The summed E-state index contributed by atoms with van der Waals surface area (Å²) in [7, 11) is 0. The van der Waals surface area contributed by atoms with Gasteiger partial charge in [0.1, 0.15) is 0 Å². The molecule has 2 aromatic rings. The average Bonchev–Trinajstić information content (AvgIpc) is 2.53. The number of nitrogens with one attached hydrogen (secondary N) is 1. The molecule has 2 nitrogen and oxygen atoms in total.